The third kappa shape index (κ3) is 5.15. The number of nitrogens with zero attached hydrogens (tertiary/aromatic N) is 2. The molecular formula is C15H22BrN3O4S. The summed E-state index contributed by atoms with van der Waals surface area (Å²) in [6, 6.07) is 3.03. The first-order chi connectivity index (χ1) is 11.1. The number of piperidine rings is 1. The Bertz CT molecular complexity index is 678. The van der Waals surface area contributed by atoms with Crippen molar-refractivity contribution >= 4 is 32.0 Å². The molecule has 24 heavy (non-hydrogen) atoms. The quantitative estimate of drug-likeness (QED) is 0.812. The van der Waals surface area contributed by atoms with Crippen molar-refractivity contribution in [2.75, 3.05) is 13.1 Å². The molecule has 134 valence electrons. The lowest BCUT2D eigenvalue weighted by Gasteiger charge is -2.31. The van der Waals surface area contributed by atoms with Crippen molar-refractivity contribution in [3.63, 3.8) is 0 Å². The second-order valence-electron chi connectivity index (χ2n) is 6.64. The summed E-state index contributed by atoms with van der Waals surface area (Å²) in [4.78, 5) is 15.7. The molecule has 0 bridgehead atoms. The van der Waals surface area contributed by atoms with Gasteiger partial charge >= 0.3 is 6.09 Å². The Kier molecular flexibility index (Phi) is 5.87. The van der Waals surface area contributed by atoms with Gasteiger partial charge in [-0.3, -0.25) is 0 Å². The van der Waals surface area contributed by atoms with E-state index in [1.807, 2.05) is 0 Å². The predicted molar refractivity (Wildman–Crippen MR) is 93.1 cm³/mol. The highest BCUT2D eigenvalue weighted by Gasteiger charge is 2.31. The Morgan fingerprint density at radius 2 is 1.96 bits per heavy atom. The number of aromatic nitrogens is 1. The van der Waals surface area contributed by atoms with Crippen molar-refractivity contribution < 1.29 is 17.9 Å². The number of ether oxygens (including phenoxy) is 1. The van der Waals surface area contributed by atoms with E-state index in [9.17, 15) is 13.2 Å². The van der Waals surface area contributed by atoms with Gasteiger partial charge in [0, 0.05) is 29.8 Å². The summed E-state index contributed by atoms with van der Waals surface area (Å²) in [5, 5.41) is 2.82. The molecule has 0 saturated carbocycles. The fraction of sp³-hybridized carbons (Fsp3) is 0.600. The fourth-order valence-electron chi connectivity index (χ4n) is 2.36. The van der Waals surface area contributed by atoms with Crippen LogP contribution in [0.3, 0.4) is 0 Å². The zero-order chi connectivity index (χ0) is 18.0. The van der Waals surface area contributed by atoms with Gasteiger partial charge in [0.25, 0.3) is 10.0 Å². The highest BCUT2D eigenvalue weighted by atomic mass is 79.9. The molecule has 2 rings (SSSR count). The molecule has 1 aromatic rings. The summed E-state index contributed by atoms with van der Waals surface area (Å²) in [6.45, 7) is 6.06. The minimum atomic E-state index is -3.60. The van der Waals surface area contributed by atoms with E-state index in [0.29, 0.717) is 25.9 Å². The predicted octanol–water partition coefficient (Wildman–Crippen LogP) is 2.52. The second-order valence-corrected chi connectivity index (χ2v) is 9.44. The van der Waals surface area contributed by atoms with Crippen molar-refractivity contribution in [3.05, 3.63) is 22.8 Å². The summed E-state index contributed by atoms with van der Waals surface area (Å²) in [6.07, 6.45) is 2.06. The number of pyridine rings is 1. The lowest BCUT2D eigenvalue weighted by atomic mass is 10.1. The lowest BCUT2D eigenvalue weighted by Crippen LogP contribution is -2.47. The molecule has 9 heteroatoms. The minimum Gasteiger partial charge on any atom is -0.444 e. The van der Waals surface area contributed by atoms with Crippen molar-refractivity contribution in [1.82, 2.24) is 14.6 Å². The van der Waals surface area contributed by atoms with E-state index in [2.05, 4.69) is 26.2 Å². The summed E-state index contributed by atoms with van der Waals surface area (Å²) in [5.41, 5.74) is -0.554. The molecule has 2 heterocycles. The molecular weight excluding hydrogens is 398 g/mol. The smallest absolute Gasteiger partial charge is 0.407 e. The summed E-state index contributed by atoms with van der Waals surface area (Å²) >= 11 is 3.24. The first-order valence-corrected chi connectivity index (χ1v) is 9.92. The number of halogens is 1. The van der Waals surface area contributed by atoms with E-state index in [4.69, 9.17) is 4.74 Å². The molecule has 0 aliphatic carbocycles. The molecule has 0 spiro atoms. The van der Waals surface area contributed by atoms with Gasteiger partial charge in [-0.25, -0.2) is 18.2 Å². The largest absolute Gasteiger partial charge is 0.444 e. The Morgan fingerprint density at radius 1 is 1.33 bits per heavy atom. The van der Waals surface area contributed by atoms with Gasteiger partial charge in [0.2, 0.25) is 0 Å². The van der Waals surface area contributed by atoms with Crippen LogP contribution >= 0.6 is 15.9 Å². The van der Waals surface area contributed by atoms with E-state index in [0.717, 1.165) is 4.47 Å². The third-order valence-electron chi connectivity index (χ3n) is 3.48. The van der Waals surface area contributed by atoms with Crippen LogP contribution < -0.4 is 5.32 Å². The normalized spacial score (nSPS) is 17.5. The Balaban J connectivity index is 1.92. The monoisotopic (exact) mass is 419 g/mol. The number of nitrogens with one attached hydrogen (secondary N) is 1. The summed E-state index contributed by atoms with van der Waals surface area (Å²) < 4.78 is 32.4. The molecule has 1 saturated heterocycles. The van der Waals surface area contributed by atoms with Gasteiger partial charge in [0.05, 0.1) is 0 Å². The molecule has 1 N–H and O–H groups in total. The molecule has 1 fully saturated rings. The molecule has 1 aromatic heterocycles. The molecule has 7 nitrogen and oxygen atoms in total. The molecule has 0 radical (unpaired) electrons. The maximum Gasteiger partial charge on any atom is 0.407 e. The van der Waals surface area contributed by atoms with Crippen LogP contribution in [0, 0.1) is 0 Å². The van der Waals surface area contributed by atoms with Crippen LogP contribution in [0.2, 0.25) is 0 Å². The van der Waals surface area contributed by atoms with Gasteiger partial charge in [-0.05, 0) is 61.7 Å². The van der Waals surface area contributed by atoms with Gasteiger partial charge < -0.3 is 10.1 Å². The molecule has 0 atom stereocenters. The SMILES string of the molecule is CC(C)(C)OC(=O)NC1CCN(S(=O)(=O)c2ccc(Br)cn2)CC1. The molecule has 0 unspecified atom stereocenters. The van der Waals surface area contributed by atoms with Crippen molar-refractivity contribution in [2.24, 2.45) is 0 Å². The molecule has 1 amide bonds. The third-order valence-corrected chi connectivity index (χ3v) is 5.76. The maximum atomic E-state index is 12.6. The highest BCUT2D eigenvalue weighted by molar-refractivity contribution is 9.10. The Morgan fingerprint density at radius 3 is 2.46 bits per heavy atom. The van der Waals surface area contributed by atoms with Gasteiger partial charge in [0.1, 0.15) is 5.60 Å². The van der Waals surface area contributed by atoms with E-state index < -0.39 is 21.7 Å². The zero-order valence-corrected chi connectivity index (χ0v) is 16.4. The molecule has 1 aliphatic heterocycles. The van der Waals surface area contributed by atoms with E-state index in [-0.39, 0.29) is 11.1 Å². The van der Waals surface area contributed by atoms with Crippen LogP contribution in [0.4, 0.5) is 4.79 Å². The fourth-order valence-corrected chi connectivity index (χ4v) is 3.98. The van der Waals surface area contributed by atoms with Crippen LogP contribution in [0.15, 0.2) is 27.8 Å². The first kappa shape index (κ1) is 19.1. The van der Waals surface area contributed by atoms with Crippen LogP contribution in [-0.2, 0) is 14.8 Å². The zero-order valence-electron chi connectivity index (χ0n) is 14.0. The average molecular weight is 420 g/mol. The summed E-state index contributed by atoms with van der Waals surface area (Å²) in [5.74, 6) is 0. The van der Waals surface area contributed by atoms with Crippen LogP contribution in [0.5, 0.6) is 0 Å². The first-order valence-electron chi connectivity index (χ1n) is 7.69. The molecule has 1 aliphatic rings. The minimum absolute atomic E-state index is 0.0317. The number of hydrogen-bond donors (Lipinski definition) is 1. The van der Waals surface area contributed by atoms with E-state index in [1.54, 1.807) is 26.8 Å². The van der Waals surface area contributed by atoms with Crippen LogP contribution in [0.25, 0.3) is 0 Å². The van der Waals surface area contributed by atoms with Crippen molar-refractivity contribution in [2.45, 2.75) is 50.3 Å². The van der Waals surface area contributed by atoms with Crippen LogP contribution in [0.1, 0.15) is 33.6 Å². The maximum absolute atomic E-state index is 12.6. The van der Waals surface area contributed by atoms with Gasteiger partial charge in [-0.1, -0.05) is 0 Å². The Labute approximate surface area is 151 Å². The Hall–Kier alpha value is -1.19. The number of carbonyl (C=O) groups is 1. The molecule has 0 aromatic carbocycles. The number of alkyl carbamates (subject to hydrolysis) is 1. The van der Waals surface area contributed by atoms with E-state index in [1.165, 1.54) is 16.6 Å². The van der Waals surface area contributed by atoms with Gasteiger partial charge in [-0.2, -0.15) is 4.31 Å². The van der Waals surface area contributed by atoms with Crippen molar-refractivity contribution in [1.29, 1.82) is 0 Å². The van der Waals surface area contributed by atoms with Gasteiger partial charge in [0.15, 0.2) is 5.03 Å². The number of sulfonamides is 1. The highest BCUT2D eigenvalue weighted by Crippen LogP contribution is 2.21. The van der Waals surface area contributed by atoms with Crippen LogP contribution in [-0.4, -0.2) is 48.5 Å². The number of amides is 1. The topological polar surface area (TPSA) is 88.6 Å². The number of rotatable bonds is 3. The standard InChI is InChI=1S/C15H22BrN3O4S/c1-15(2,3)23-14(20)18-12-6-8-19(9-7-12)24(21,22)13-5-4-11(16)10-17-13/h4-5,10,12H,6-9H2,1-3H3,(H,18,20). The second kappa shape index (κ2) is 7.37. The van der Waals surface area contributed by atoms with E-state index >= 15 is 0 Å². The van der Waals surface area contributed by atoms with Gasteiger partial charge in [-0.15, -0.1) is 0 Å². The van der Waals surface area contributed by atoms with Crippen molar-refractivity contribution in [3.8, 4) is 0 Å². The lowest BCUT2D eigenvalue weighted by molar-refractivity contribution is 0.0489. The number of carbonyl (C=O) groups excluding carboxylic acids is 1. The summed E-state index contributed by atoms with van der Waals surface area (Å²) in [7, 11) is -3.60. The number of hydrogen-bond acceptors (Lipinski definition) is 5. The average Bonchev–Trinajstić information content (AvgIpc) is 2.46.